The Morgan fingerprint density at radius 2 is 1.67 bits per heavy atom. The Kier molecular flexibility index (Phi) is 4.67. The molecule has 1 N–H and O–H groups in total. The van der Waals surface area contributed by atoms with Gasteiger partial charge in [-0.1, -0.05) is 0 Å². The number of hydrogen-bond donors (Lipinski definition) is 1. The van der Waals surface area contributed by atoms with E-state index >= 15 is 0 Å². The van der Waals surface area contributed by atoms with Crippen LogP contribution in [0.4, 0.5) is 18.9 Å². The summed E-state index contributed by atoms with van der Waals surface area (Å²) in [7, 11) is 0. The van der Waals surface area contributed by atoms with E-state index in [4.69, 9.17) is 10.00 Å². The molecule has 2 aromatic rings. The Labute approximate surface area is 119 Å². The second-order valence-electron chi connectivity index (χ2n) is 4.20. The maximum absolute atomic E-state index is 13.1. The number of nitriles is 1. The molecule has 2 rings (SSSR count). The molecule has 21 heavy (non-hydrogen) atoms. The van der Waals surface area contributed by atoms with Gasteiger partial charge in [0, 0.05) is 12.2 Å². The third-order valence-corrected chi connectivity index (χ3v) is 2.70. The number of nitrogens with one attached hydrogen (secondary N) is 1. The highest BCUT2D eigenvalue weighted by atomic mass is 19.2. The van der Waals surface area contributed by atoms with Crippen molar-refractivity contribution in [2.45, 2.75) is 6.54 Å². The van der Waals surface area contributed by atoms with Gasteiger partial charge >= 0.3 is 0 Å². The van der Waals surface area contributed by atoms with E-state index in [0.717, 1.165) is 12.1 Å². The van der Waals surface area contributed by atoms with E-state index < -0.39 is 17.5 Å². The van der Waals surface area contributed by atoms with Crippen molar-refractivity contribution in [2.75, 3.05) is 11.9 Å². The van der Waals surface area contributed by atoms with Gasteiger partial charge in [0.1, 0.15) is 11.8 Å². The monoisotopic (exact) mass is 292 g/mol. The number of halogens is 3. The highest BCUT2D eigenvalue weighted by molar-refractivity contribution is 5.46. The predicted octanol–water partition coefficient (Wildman–Crippen LogP) is 3.62. The minimum absolute atomic E-state index is 0.0408. The highest BCUT2D eigenvalue weighted by Gasteiger charge is 2.10. The van der Waals surface area contributed by atoms with Crippen molar-refractivity contribution in [3.05, 3.63) is 59.4 Å². The summed E-state index contributed by atoms with van der Waals surface area (Å²) in [5.41, 5.74) is 0.987. The molecule has 0 radical (unpaired) electrons. The Hall–Kier alpha value is -2.68. The minimum Gasteiger partial charge on any atom is -0.479 e. The van der Waals surface area contributed by atoms with Crippen LogP contribution in [0.5, 0.6) is 5.75 Å². The van der Waals surface area contributed by atoms with Crippen LogP contribution in [-0.4, -0.2) is 6.61 Å². The smallest absolute Gasteiger partial charge is 0.194 e. The molecule has 0 aliphatic rings. The molecular weight excluding hydrogens is 281 g/mol. The summed E-state index contributed by atoms with van der Waals surface area (Å²) < 4.78 is 44.0. The number of benzene rings is 2. The fourth-order valence-electron chi connectivity index (χ4n) is 1.70. The van der Waals surface area contributed by atoms with Gasteiger partial charge in [-0.15, -0.1) is 0 Å². The van der Waals surface area contributed by atoms with Crippen molar-refractivity contribution >= 4 is 5.69 Å². The molecule has 0 saturated heterocycles. The third-order valence-electron chi connectivity index (χ3n) is 2.70. The van der Waals surface area contributed by atoms with Crippen molar-refractivity contribution in [3.8, 4) is 11.8 Å². The third kappa shape index (κ3) is 3.89. The van der Waals surface area contributed by atoms with Crippen molar-refractivity contribution in [2.24, 2.45) is 0 Å². The Balaban J connectivity index is 1.98. The van der Waals surface area contributed by atoms with Crippen molar-refractivity contribution in [1.82, 2.24) is 0 Å². The van der Waals surface area contributed by atoms with Gasteiger partial charge in [0.15, 0.2) is 24.1 Å². The van der Waals surface area contributed by atoms with E-state index in [9.17, 15) is 13.2 Å². The molecule has 0 heterocycles. The van der Waals surface area contributed by atoms with Gasteiger partial charge < -0.3 is 10.1 Å². The molecule has 3 nitrogen and oxygen atoms in total. The van der Waals surface area contributed by atoms with Crippen LogP contribution < -0.4 is 10.1 Å². The molecule has 0 aliphatic heterocycles. The largest absolute Gasteiger partial charge is 0.479 e. The van der Waals surface area contributed by atoms with Crippen LogP contribution in [0.2, 0.25) is 0 Å². The van der Waals surface area contributed by atoms with Gasteiger partial charge in [0.2, 0.25) is 0 Å². The van der Waals surface area contributed by atoms with Gasteiger partial charge in [0.05, 0.1) is 0 Å². The molecule has 0 aromatic heterocycles. The molecule has 0 bridgehead atoms. The SMILES string of the molecule is N#CCOc1ccc(NCc2cc(F)c(F)c(F)c2)cc1. The van der Waals surface area contributed by atoms with E-state index in [-0.39, 0.29) is 18.7 Å². The fraction of sp³-hybridized carbons (Fsp3) is 0.133. The Morgan fingerprint density at radius 3 is 2.24 bits per heavy atom. The van der Waals surface area contributed by atoms with Gasteiger partial charge in [0.25, 0.3) is 0 Å². The van der Waals surface area contributed by atoms with Gasteiger partial charge in [-0.3, -0.25) is 0 Å². The molecule has 2 aromatic carbocycles. The van der Waals surface area contributed by atoms with E-state index in [1.54, 1.807) is 24.3 Å². The van der Waals surface area contributed by atoms with E-state index in [0.29, 0.717) is 11.4 Å². The number of anilines is 1. The van der Waals surface area contributed by atoms with Crippen molar-refractivity contribution in [3.63, 3.8) is 0 Å². The summed E-state index contributed by atoms with van der Waals surface area (Å²) >= 11 is 0. The molecule has 6 heteroatoms. The van der Waals surface area contributed by atoms with Crippen molar-refractivity contribution < 1.29 is 17.9 Å². The minimum atomic E-state index is -1.47. The van der Waals surface area contributed by atoms with Gasteiger partial charge in [-0.05, 0) is 42.0 Å². The van der Waals surface area contributed by atoms with Crippen LogP contribution in [0.15, 0.2) is 36.4 Å². The second-order valence-corrected chi connectivity index (χ2v) is 4.20. The lowest BCUT2D eigenvalue weighted by molar-refractivity contribution is 0.368. The zero-order valence-corrected chi connectivity index (χ0v) is 10.9. The predicted molar refractivity (Wildman–Crippen MR) is 71.2 cm³/mol. The first kappa shape index (κ1) is 14.7. The Morgan fingerprint density at radius 1 is 1.05 bits per heavy atom. The fourth-order valence-corrected chi connectivity index (χ4v) is 1.70. The van der Waals surface area contributed by atoms with Gasteiger partial charge in [-0.2, -0.15) is 5.26 Å². The first-order valence-corrected chi connectivity index (χ1v) is 6.07. The van der Waals surface area contributed by atoms with Crippen LogP contribution in [0.1, 0.15) is 5.56 Å². The summed E-state index contributed by atoms with van der Waals surface area (Å²) in [5, 5.41) is 11.3. The zero-order valence-electron chi connectivity index (χ0n) is 10.9. The molecule has 0 unspecified atom stereocenters. The molecule has 0 spiro atoms. The number of nitrogens with zero attached hydrogens (tertiary/aromatic N) is 1. The maximum atomic E-state index is 13.1. The standard InChI is InChI=1S/C15H11F3N2O/c16-13-7-10(8-14(17)15(13)18)9-20-11-1-3-12(4-2-11)21-6-5-19/h1-4,7-8,20H,6,9H2. The first-order valence-electron chi connectivity index (χ1n) is 6.07. The Bertz CT molecular complexity index is 643. The average Bonchev–Trinajstić information content (AvgIpc) is 2.49. The molecule has 0 fully saturated rings. The summed E-state index contributed by atoms with van der Waals surface area (Å²) in [6.45, 7) is 0.105. The molecule has 0 amide bonds. The molecule has 108 valence electrons. The lowest BCUT2D eigenvalue weighted by Gasteiger charge is -2.08. The highest BCUT2D eigenvalue weighted by Crippen LogP contribution is 2.18. The van der Waals surface area contributed by atoms with E-state index in [2.05, 4.69) is 5.32 Å². The molecule has 0 saturated carbocycles. The molecule has 0 aliphatic carbocycles. The van der Waals surface area contributed by atoms with Crippen molar-refractivity contribution in [1.29, 1.82) is 5.26 Å². The lowest BCUT2D eigenvalue weighted by Crippen LogP contribution is -2.02. The molecule has 0 atom stereocenters. The van der Waals surface area contributed by atoms with Crippen LogP contribution >= 0.6 is 0 Å². The molecular formula is C15H11F3N2O. The van der Waals surface area contributed by atoms with E-state index in [1.807, 2.05) is 6.07 Å². The second kappa shape index (κ2) is 6.66. The number of rotatable bonds is 5. The van der Waals surface area contributed by atoms with Crippen LogP contribution in [-0.2, 0) is 6.54 Å². The van der Waals surface area contributed by atoms with E-state index in [1.165, 1.54) is 0 Å². The summed E-state index contributed by atoms with van der Waals surface area (Å²) in [6, 6.07) is 10.4. The number of ether oxygens (including phenoxy) is 1. The van der Waals surface area contributed by atoms with Crippen LogP contribution in [0.3, 0.4) is 0 Å². The van der Waals surface area contributed by atoms with Crippen LogP contribution in [0, 0.1) is 28.8 Å². The lowest BCUT2D eigenvalue weighted by atomic mass is 10.2. The average molecular weight is 292 g/mol. The summed E-state index contributed by atoms with van der Waals surface area (Å²) in [6.07, 6.45) is 0. The summed E-state index contributed by atoms with van der Waals surface area (Å²) in [4.78, 5) is 0. The normalized spacial score (nSPS) is 10.0. The van der Waals surface area contributed by atoms with Gasteiger partial charge in [-0.25, -0.2) is 13.2 Å². The topological polar surface area (TPSA) is 45.0 Å². The quantitative estimate of drug-likeness (QED) is 0.856. The maximum Gasteiger partial charge on any atom is 0.194 e. The zero-order chi connectivity index (χ0) is 15.2. The first-order chi connectivity index (χ1) is 10.1. The van der Waals surface area contributed by atoms with Crippen LogP contribution in [0.25, 0.3) is 0 Å². The summed E-state index contributed by atoms with van der Waals surface area (Å²) in [5.74, 6) is -3.36. The number of hydrogen-bond acceptors (Lipinski definition) is 3.